The van der Waals surface area contributed by atoms with Gasteiger partial charge in [-0.25, -0.2) is 8.89 Å². The fourth-order valence-electron chi connectivity index (χ4n) is 3.34. The van der Waals surface area contributed by atoms with Crippen molar-refractivity contribution in [2.24, 2.45) is 0 Å². The highest BCUT2D eigenvalue weighted by Crippen LogP contribution is 2.45. The lowest BCUT2D eigenvalue weighted by molar-refractivity contribution is 0.0956. The van der Waals surface area contributed by atoms with E-state index in [1.54, 1.807) is 42.3 Å². The van der Waals surface area contributed by atoms with Crippen molar-refractivity contribution >= 4 is 39.8 Å². The van der Waals surface area contributed by atoms with Gasteiger partial charge in [-0.1, -0.05) is 0 Å². The number of benzene rings is 2. The van der Waals surface area contributed by atoms with Crippen LogP contribution < -0.4 is 10.0 Å². The number of carbonyl (C=O) groups excluding carboxylic acids is 2. The van der Waals surface area contributed by atoms with Crippen LogP contribution in [0.5, 0.6) is 0 Å². The molecule has 0 radical (unpaired) electrons. The van der Waals surface area contributed by atoms with Crippen LogP contribution in [0, 0.1) is 0 Å². The summed E-state index contributed by atoms with van der Waals surface area (Å²) in [6.45, 7) is 0. The molecule has 4 rings (SSSR count). The molecule has 0 spiro atoms. The molecule has 28 heavy (non-hydrogen) atoms. The molecule has 2 aromatic carbocycles. The number of amides is 1. The summed E-state index contributed by atoms with van der Waals surface area (Å²) >= 11 is 0. The molecule has 3 aromatic rings. The van der Waals surface area contributed by atoms with Crippen LogP contribution in [0.25, 0.3) is 16.6 Å². The van der Waals surface area contributed by atoms with Crippen molar-refractivity contribution < 1.29 is 13.8 Å². The van der Waals surface area contributed by atoms with E-state index in [0.29, 0.717) is 28.4 Å². The summed E-state index contributed by atoms with van der Waals surface area (Å²) in [7, 11) is 0.378. The largest absolute Gasteiger partial charge is 0.354 e. The maximum Gasteiger partial charge on any atom is 0.270 e. The topological polar surface area (TPSA) is 93.1 Å². The van der Waals surface area contributed by atoms with E-state index < -0.39 is 11.0 Å². The molecule has 1 heterocycles. The molecule has 1 aliphatic rings. The Morgan fingerprint density at radius 2 is 1.96 bits per heavy atom. The maximum absolute atomic E-state index is 12.7. The summed E-state index contributed by atoms with van der Waals surface area (Å²) in [5, 5.41) is 8.05. The molecule has 0 saturated heterocycles. The quantitative estimate of drug-likeness (QED) is 0.627. The lowest BCUT2D eigenvalue weighted by Crippen LogP contribution is -2.21. The number of carbonyl (C=O) groups is 2. The van der Waals surface area contributed by atoms with E-state index >= 15 is 0 Å². The van der Waals surface area contributed by atoms with E-state index in [2.05, 4.69) is 15.1 Å². The van der Waals surface area contributed by atoms with Crippen molar-refractivity contribution in [3.63, 3.8) is 0 Å². The minimum atomic E-state index is -1.20. The van der Waals surface area contributed by atoms with Crippen LogP contribution in [0.3, 0.4) is 0 Å². The smallest absolute Gasteiger partial charge is 0.270 e. The first kappa shape index (κ1) is 18.4. The molecule has 1 aromatic heterocycles. The predicted molar refractivity (Wildman–Crippen MR) is 110 cm³/mol. The number of fused-ring (bicyclic) bond motifs is 1. The van der Waals surface area contributed by atoms with Crippen LogP contribution >= 0.6 is 0 Å². The van der Waals surface area contributed by atoms with Gasteiger partial charge in [0.15, 0.2) is 0 Å². The Balaban J connectivity index is 1.94. The first-order valence-corrected chi connectivity index (χ1v) is 10.5. The summed E-state index contributed by atoms with van der Waals surface area (Å²) in [6, 6.07) is 10.7. The van der Waals surface area contributed by atoms with Crippen molar-refractivity contribution in [2.75, 3.05) is 18.0 Å². The van der Waals surface area contributed by atoms with E-state index in [0.717, 1.165) is 35.8 Å². The Kier molecular flexibility index (Phi) is 4.72. The van der Waals surface area contributed by atoms with Gasteiger partial charge >= 0.3 is 0 Å². The van der Waals surface area contributed by atoms with Gasteiger partial charge in [0.25, 0.3) is 5.91 Å². The minimum Gasteiger partial charge on any atom is -0.354 e. The molecule has 8 heteroatoms. The zero-order valence-corrected chi connectivity index (χ0v) is 16.4. The number of hydrogen-bond acceptors (Lipinski definition) is 4. The third-order valence-corrected chi connectivity index (χ3v) is 5.34. The number of aldehydes is 1. The van der Waals surface area contributed by atoms with Crippen molar-refractivity contribution in [3.05, 3.63) is 53.2 Å². The number of aromatic nitrogens is 2. The Morgan fingerprint density at radius 1 is 1.25 bits per heavy atom. The summed E-state index contributed by atoms with van der Waals surface area (Å²) < 4.78 is 16.3. The molecule has 1 amide bonds. The molecule has 0 bridgehead atoms. The fraction of sp³-hybridized carbons (Fsp3) is 0.250. The maximum atomic E-state index is 12.7. The first-order chi connectivity index (χ1) is 13.5. The average Bonchev–Trinajstić information content (AvgIpc) is 3.47. The standard InChI is InChI=1S/C20H20N4O3S/c1-21-20(26)19-16-9-15(13-5-6-13)18(23-28(2)27)10-17(16)22-24(19)14-7-3-12(11-25)4-8-14/h3-4,7-11,13,23H,5-6H2,1-2H3,(H,21,26). The molecule has 1 aliphatic carbocycles. The average molecular weight is 396 g/mol. The summed E-state index contributed by atoms with van der Waals surface area (Å²) in [5.74, 6) is 0.159. The van der Waals surface area contributed by atoms with E-state index in [1.807, 2.05) is 12.1 Å². The normalized spacial score (nSPS) is 14.6. The Bertz CT molecular complexity index is 1100. The zero-order valence-electron chi connectivity index (χ0n) is 15.6. The second kappa shape index (κ2) is 7.20. The number of nitrogens with zero attached hydrogens (tertiary/aromatic N) is 2. The van der Waals surface area contributed by atoms with Gasteiger partial charge in [0.1, 0.15) is 23.0 Å². The van der Waals surface area contributed by atoms with Gasteiger partial charge in [-0.2, -0.15) is 5.10 Å². The van der Waals surface area contributed by atoms with Crippen LogP contribution in [0.15, 0.2) is 36.4 Å². The number of nitrogens with one attached hydrogen (secondary N) is 2. The molecule has 1 saturated carbocycles. The minimum absolute atomic E-state index is 0.247. The van der Waals surface area contributed by atoms with Crippen molar-refractivity contribution in [1.82, 2.24) is 15.1 Å². The molecule has 144 valence electrons. The Hall–Kier alpha value is -3.00. The molecule has 1 unspecified atom stereocenters. The zero-order chi connectivity index (χ0) is 19.8. The Labute approximate surface area is 164 Å². The van der Waals surface area contributed by atoms with Gasteiger partial charge in [-0.05, 0) is 60.7 Å². The molecule has 0 aliphatic heterocycles. The van der Waals surface area contributed by atoms with Gasteiger partial charge in [-0.15, -0.1) is 0 Å². The van der Waals surface area contributed by atoms with E-state index in [-0.39, 0.29) is 5.91 Å². The van der Waals surface area contributed by atoms with E-state index in [9.17, 15) is 13.8 Å². The fourth-order valence-corrected chi connectivity index (χ4v) is 3.83. The molecule has 1 atom stereocenters. The predicted octanol–water partition coefficient (Wildman–Crippen LogP) is 2.78. The summed E-state index contributed by atoms with van der Waals surface area (Å²) in [6.07, 6.45) is 4.51. The molecular weight excluding hydrogens is 376 g/mol. The highest BCUT2D eigenvalue weighted by atomic mass is 32.2. The highest BCUT2D eigenvalue weighted by Gasteiger charge is 2.29. The van der Waals surface area contributed by atoms with Crippen LogP contribution in [0.4, 0.5) is 5.69 Å². The van der Waals surface area contributed by atoms with Crippen LogP contribution in [0.2, 0.25) is 0 Å². The van der Waals surface area contributed by atoms with E-state index in [4.69, 9.17) is 0 Å². The number of anilines is 1. The van der Waals surface area contributed by atoms with Gasteiger partial charge in [0.2, 0.25) is 0 Å². The SMILES string of the molecule is CNC(=O)c1c2cc(C3CC3)c(NS(C)=O)cc2nn1-c1ccc(C=O)cc1. The Morgan fingerprint density at radius 3 is 2.54 bits per heavy atom. The molecule has 7 nitrogen and oxygen atoms in total. The van der Waals surface area contributed by atoms with Gasteiger partial charge in [0, 0.05) is 24.3 Å². The van der Waals surface area contributed by atoms with Gasteiger partial charge in [0.05, 0.1) is 16.9 Å². The van der Waals surface area contributed by atoms with Crippen LogP contribution in [-0.2, 0) is 11.0 Å². The highest BCUT2D eigenvalue weighted by molar-refractivity contribution is 7.85. The van der Waals surface area contributed by atoms with Gasteiger partial charge in [-0.3, -0.25) is 9.59 Å². The second-order valence-electron chi connectivity index (χ2n) is 6.84. The van der Waals surface area contributed by atoms with Crippen molar-refractivity contribution in [3.8, 4) is 5.69 Å². The van der Waals surface area contributed by atoms with Crippen molar-refractivity contribution in [2.45, 2.75) is 18.8 Å². The van der Waals surface area contributed by atoms with E-state index in [1.165, 1.54) is 0 Å². The monoisotopic (exact) mass is 396 g/mol. The lowest BCUT2D eigenvalue weighted by Gasteiger charge is -2.10. The van der Waals surface area contributed by atoms with Gasteiger partial charge < -0.3 is 10.0 Å². The third kappa shape index (κ3) is 3.31. The first-order valence-electron chi connectivity index (χ1n) is 8.96. The summed E-state index contributed by atoms with van der Waals surface area (Å²) in [5.41, 5.74) is 4.15. The lowest BCUT2D eigenvalue weighted by atomic mass is 10.0. The van der Waals surface area contributed by atoms with Crippen molar-refractivity contribution in [1.29, 1.82) is 0 Å². The second-order valence-corrected chi connectivity index (χ2v) is 7.95. The third-order valence-electron chi connectivity index (χ3n) is 4.83. The molecular formula is C20H20N4O3S. The molecule has 2 N–H and O–H groups in total. The summed E-state index contributed by atoms with van der Waals surface area (Å²) in [4.78, 5) is 23.6. The number of rotatable bonds is 6. The number of hydrogen-bond donors (Lipinski definition) is 2. The van der Waals surface area contributed by atoms with Crippen LogP contribution in [-0.4, -0.2) is 39.5 Å². The molecule has 1 fully saturated rings. The van der Waals surface area contributed by atoms with Crippen LogP contribution in [0.1, 0.15) is 45.2 Å².